The summed E-state index contributed by atoms with van der Waals surface area (Å²) in [5, 5.41) is 9.41. The second kappa shape index (κ2) is 10.8. The summed E-state index contributed by atoms with van der Waals surface area (Å²) in [4.78, 5) is 16.1. The molecule has 0 aliphatic carbocycles. The molecule has 192 valence electrons. The topological polar surface area (TPSA) is 113 Å². The van der Waals surface area contributed by atoms with Crippen LogP contribution in [-0.2, 0) is 21.6 Å². The number of rotatable bonds is 10. The number of hydrogen-bond donors (Lipinski definition) is 1. The maximum absolute atomic E-state index is 13.2. The van der Waals surface area contributed by atoms with Gasteiger partial charge in [-0.1, -0.05) is 30.3 Å². The number of carboxylic acid groups (broad SMARTS) is 1. The van der Waals surface area contributed by atoms with Crippen molar-refractivity contribution in [3.63, 3.8) is 0 Å². The van der Waals surface area contributed by atoms with Crippen LogP contribution < -0.4 is 4.74 Å². The van der Waals surface area contributed by atoms with Gasteiger partial charge in [0.2, 0.25) is 5.89 Å². The van der Waals surface area contributed by atoms with Gasteiger partial charge in [0.25, 0.3) is 10.2 Å². The van der Waals surface area contributed by atoms with Gasteiger partial charge < -0.3 is 14.3 Å². The molecule has 3 aromatic rings. The van der Waals surface area contributed by atoms with E-state index in [2.05, 4.69) is 4.98 Å². The van der Waals surface area contributed by atoms with Crippen LogP contribution in [0, 0.1) is 13.8 Å². The number of nitrogens with zero attached hydrogens (tertiary/aromatic N) is 3. The minimum atomic E-state index is -3.92. The highest BCUT2D eigenvalue weighted by atomic mass is 32.2. The lowest BCUT2D eigenvalue weighted by Crippen LogP contribution is -2.45. The standard InChI is InChI=1S/C26H31N3O6S/c1-18-9-4-5-12-23(18)26-27-24(20(3)35-26)17-34-22-11-8-10-21(15-22)19(2)29(16-25(30)31)36(32,33)28-13-6-7-14-28/h4-5,8-12,15,19H,6-7,13-14,16-17H2,1-3H3,(H,30,31). The van der Waals surface area contributed by atoms with Crippen molar-refractivity contribution in [2.24, 2.45) is 0 Å². The highest BCUT2D eigenvalue weighted by Crippen LogP contribution is 2.30. The monoisotopic (exact) mass is 513 g/mol. The lowest BCUT2D eigenvalue weighted by Gasteiger charge is -2.31. The lowest BCUT2D eigenvalue weighted by atomic mass is 10.1. The number of ether oxygens (including phenoxy) is 1. The molecule has 1 unspecified atom stereocenters. The summed E-state index contributed by atoms with van der Waals surface area (Å²) in [6.07, 6.45) is 1.54. The maximum Gasteiger partial charge on any atom is 0.318 e. The zero-order chi connectivity index (χ0) is 25.9. The molecule has 1 aliphatic heterocycles. The van der Waals surface area contributed by atoms with E-state index in [1.807, 2.05) is 38.1 Å². The predicted octanol–water partition coefficient (Wildman–Crippen LogP) is 4.33. The van der Waals surface area contributed by atoms with Gasteiger partial charge in [-0.2, -0.15) is 17.0 Å². The van der Waals surface area contributed by atoms with Crippen molar-refractivity contribution in [1.29, 1.82) is 0 Å². The molecule has 2 heterocycles. The normalized spacial score (nSPS) is 15.3. The number of hydrogen-bond acceptors (Lipinski definition) is 6. The molecule has 4 rings (SSSR count). The Kier molecular flexibility index (Phi) is 7.77. The van der Waals surface area contributed by atoms with Crippen LogP contribution in [0.15, 0.2) is 52.9 Å². The molecule has 2 aromatic carbocycles. The van der Waals surface area contributed by atoms with E-state index in [1.165, 1.54) is 4.31 Å². The Balaban J connectivity index is 1.52. The van der Waals surface area contributed by atoms with Gasteiger partial charge in [-0.3, -0.25) is 4.79 Å². The molecule has 0 amide bonds. The lowest BCUT2D eigenvalue weighted by molar-refractivity contribution is -0.137. The van der Waals surface area contributed by atoms with Crippen LogP contribution >= 0.6 is 0 Å². The zero-order valence-corrected chi connectivity index (χ0v) is 21.5. The summed E-state index contributed by atoms with van der Waals surface area (Å²) in [7, 11) is -3.92. The van der Waals surface area contributed by atoms with Crippen LogP contribution in [0.3, 0.4) is 0 Å². The molecular formula is C26H31N3O6S. The van der Waals surface area contributed by atoms with Gasteiger partial charge in [-0.25, -0.2) is 4.98 Å². The van der Waals surface area contributed by atoms with E-state index in [0.29, 0.717) is 41.7 Å². The number of oxazole rings is 1. The Labute approximate surface area is 211 Å². The average Bonchev–Trinajstić information content (AvgIpc) is 3.52. The Morgan fingerprint density at radius 2 is 1.89 bits per heavy atom. The van der Waals surface area contributed by atoms with E-state index in [0.717, 1.165) is 28.3 Å². The van der Waals surface area contributed by atoms with Crippen molar-refractivity contribution in [1.82, 2.24) is 13.6 Å². The van der Waals surface area contributed by atoms with Crippen molar-refractivity contribution < 1.29 is 27.5 Å². The van der Waals surface area contributed by atoms with Crippen molar-refractivity contribution in [2.75, 3.05) is 19.6 Å². The Hall–Kier alpha value is -3.21. The van der Waals surface area contributed by atoms with Gasteiger partial charge in [-0.05, 0) is 62.9 Å². The van der Waals surface area contributed by atoms with E-state index < -0.39 is 28.8 Å². The first-order valence-corrected chi connectivity index (χ1v) is 13.3. The van der Waals surface area contributed by atoms with Crippen LogP contribution in [0.2, 0.25) is 0 Å². The first kappa shape index (κ1) is 25.9. The van der Waals surface area contributed by atoms with E-state index >= 15 is 0 Å². The molecule has 0 radical (unpaired) electrons. The van der Waals surface area contributed by atoms with Crippen molar-refractivity contribution in [3.05, 3.63) is 71.1 Å². The number of carbonyl (C=O) groups is 1. The van der Waals surface area contributed by atoms with Crippen LogP contribution in [-0.4, -0.2) is 52.7 Å². The van der Waals surface area contributed by atoms with Gasteiger partial charge in [0.1, 0.15) is 30.4 Å². The second-order valence-corrected chi connectivity index (χ2v) is 10.8. The highest BCUT2D eigenvalue weighted by Gasteiger charge is 2.36. The number of aromatic nitrogens is 1. The SMILES string of the molecule is Cc1ccccc1-c1nc(COc2cccc(C(C)N(CC(=O)O)S(=O)(=O)N3CCCC3)c2)c(C)o1. The van der Waals surface area contributed by atoms with Crippen LogP contribution in [0.4, 0.5) is 0 Å². The zero-order valence-electron chi connectivity index (χ0n) is 20.7. The van der Waals surface area contributed by atoms with Gasteiger partial charge in [0.15, 0.2) is 0 Å². The van der Waals surface area contributed by atoms with E-state index in [9.17, 15) is 18.3 Å². The summed E-state index contributed by atoms with van der Waals surface area (Å²) < 4.78 is 40.6. The molecule has 9 nitrogen and oxygen atoms in total. The van der Waals surface area contributed by atoms with Crippen LogP contribution in [0.5, 0.6) is 5.75 Å². The fraction of sp³-hybridized carbons (Fsp3) is 0.385. The minimum Gasteiger partial charge on any atom is -0.487 e. The minimum absolute atomic E-state index is 0.171. The van der Waals surface area contributed by atoms with Gasteiger partial charge in [0, 0.05) is 24.7 Å². The first-order valence-electron chi connectivity index (χ1n) is 11.9. The fourth-order valence-corrected chi connectivity index (χ4v) is 6.10. The third-order valence-corrected chi connectivity index (χ3v) is 8.45. The third-order valence-electron chi connectivity index (χ3n) is 6.39. The Morgan fingerprint density at radius 1 is 1.17 bits per heavy atom. The molecule has 0 spiro atoms. The summed E-state index contributed by atoms with van der Waals surface area (Å²) in [5.41, 5.74) is 3.27. The number of aryl methyl sites for hydroxylation is 2. The fourth-order valence-electron chi connectivity index (χ4n) is 4.29. The Morgan fingerprint density at radius 3 is 2.58 bits per heavy atom. The van der Waals surface area contributed by atoms with Gasteiger partial charge in [-0.15, -0.1) is 0 Å². The Bertz CT molecular complexity index is 1330. The molecule has 1 atom stereocenters. The summed E-state index contributed by atoms with van der Waals surface area (Å²) in [5.74, 6) is 0.501. The molecule has 1 aromatic heterocycles. The molecular weight excluding hydrogens is 482 g/mol. The molecule has 1 saturated heterocycles. The molecule has 1 N–H and O–H groups in total. The summed E-state index contributed by atoms with van der Waals surface area (Å²) >= 11 is 0. The van der Waals surface area contributed by atoms with E-state index in [1.54, 1.807) is 31.2 Å². The average molecular weight is 514 g/mol. The number of carboxylic acids is 1. The second-order valence-electron chi connectivity index (χ2n) is 8.93. The predicted molar refractivity (Wildman–Crippen MR) is 135 cm³/mol. The maximum atomic E-state index is 13.2. The van der Waals surface area contributed by atoms with Crippen molar-refractivity contribution >= 4 is 16.2 Å². The van der Waals surface area contributed by atoms with Crippen molar-refractivity contribution in [3.8, 4) is 17.2 Å². The third kappa shape index (κ3) is 5.61. The molecule has 1 fully saturated rings. The van der Waals surface area contributed by atoms with Crippen LogP contribution in [0.25, 0.3) is 11.5 Å². The highest BCUT2D eigenvalue weighted by molar-refractivity contribution is 7.86. The first-order chi connectivity index (χ1) is 17.2. The molecule has 0 bridgehead atoms. The molecule has 36 heavy (non-hydrogen) atoms. The molecule has 1 aliphatic rings. The van der Waals surface area contributed by atoms with Gasteiger partial charge in [0.05, 0.1) is 0 Å². The quantitative estimate of drug-likeness (QED) is 0.429. The van der Waals surface area contributed by atoms with E-state index in [4.69, 9.17) is 9.15 Å². The molecule has 10 heteroatoms. The van der Waals surface area contributed by atoms with Crippen LogP contribution in [0.1, 0.15) is 48.4 Å². The number of aliphatic carboxylic acids is 1. The summed E-state index contributed by atoms with van der Waals surface area (Å²) in [6, 6.07) is 14.2. The van der Waals surface area contributed by atoms with E-state index in [-0.39, 0.29) is 6.61 Å². The largest absolute Gasteiger partial charge is 0.487 e. The summed E-state index contributed by atoms with van der Waals surface area (Å²) in [6.45, 7) is 5.86. The van der Waals surface area contributed by atoms with Crippen molar-refractivity contribution in [2.45, 2.75) is 46.3 Å². The van der Waals surface area contributed by atoms with Gasteiger partial charge >= 0.3 is 5.97 Å². The molecule has 0 saturated carbocycles. The number of benzene rings is 2. The smallest absolute Gasteiger partial charge is 0.318 e.